The molecule has 0 spiro atoms. The van der Waals surface area contributed by atoms with Gasteiger partial charge in [-0.3, -0.25) is 0 Å². The van der Waals surface area contributed by atoms with Crippen LogP contribution < -0.4 is 5.32 Å². The van der Waals surface area contributed by atoms with Crippen molar-refractivity contribution in [2.75, 3.05) is 6.54 Å². The standard InChI is InChI=1S/C9H11ClN2/c1-6-4-9(10)12-8-2-3-11-5-7(6)8/h4,11H,2-3,5H2,1H3. The van der Waals surface area contributed by atoms with E-state index >= 15 is 0 Å². The summed E-state index contributed by atoms with van der Waals surface area (Å²) in [5.74, 6) is 0. The lowest BCUT2D eigenvalue weighted by Crippen LogP contribution is -2.25. The highest BCUT2D eigenvalue weighted by atomic mass is 35.5. The quantitative estimate of drug-likeness (QED) is 0.618. The Labute approximate surface area is 77.0 Å². The molecule has 0 unspecified atom stereocenters. The van der Waals surface area contributed by atoms with Gasteiger partial charge in [0.1, 0.15) is 5.15 Å². The van der Waals surface area contributed by atoms with Crippen LogP contribution >= 0.6 is 11.6 Å². The summed E-state index contributed by atoms with van der Waals surface area (Å²) in [6.07, 6.45) is 0.997. The van der Waals surface area contributed by atoms with Gasteiger partial charge in [0.2, 0.25) is 0 Å². The number of nitrogens with one attached hydrogen (secondary N) is 1. The Morgan fingerprint density at radius 3 is 3.25 bits per heavy atom. The third-order valence-electron chi connectivity index (χ3n) is 2.24. The number of aryl methyl sites for hydroxylation is 1. The summed E-state index contributed by atoms with van der Waals surface area (Å²) >= 11 is 5.85. The van der Waals surface area contributed by atoms with Gasteiger partial charge in [0, 0.05) is 25.2 Å². The molecule has 1 aliphatic heterocycles. The van der Waals surface area contributed by atoms with Crippen molar-refractivity contribution >= 4 is 11.6 Å². The Bertz CT molecular complexity index is 310. The van der Waals surface area contributed by atoms with Gasteiger partial charge in [-0.15, -0.1) is 0 Å². The summed E-state index contributed by atoms with van der Waals surface area (Å²) in [6, 6.07) is 1.92. The highest BCUT2D eigenvalue weighted by molar-refractivity contribution is 6.29. The molecule has 1 aromatic rings. The fraction of sp³-hybridized carbons (Fsp3) is 0.444. The van der Waals surface area contributed by atoms with Crippen molar-refractivity contribution in [2.24, 2.45) is 0 Å². The van der Waals surface area contributed by atoms with Gasteiger partial charge >= 0.3 is 0 Å². The van der Waals surface area contributed by atoms with Crippen LogP contribution in [0.3, 0.4) is 0 Å². The van der Waals surface area contributed by atoms with Crippen molar-refractivity contribution in [3.05, 3.63) is 28.0 Å². The Kier molecular flexibility index (Phi) is 2.03. The first-order valence-electron chi connectivity index (χ1n) is 4.13. The SMILES string of the molecule is Cc1cc(Cl)nc2c1CNCC2. The molecule has 1 aromatic heterocycles. The number of aromatic nitrogens is 1. The van der Waals surface area contributed by atoms with Gasteiger partial charge < -0.3 is 5.32 Å². The monoisotopic (exact) mass is 182 g/mol. The van der Waals surface area contributed by atoms with Crippen LogP contribution in [0.4, 0.5) is 0 Å². The molecule has 3 heteroatoms. The smallest absolute Gasteiger partial charge is 0.129 e. The third kappa shape index (κ3) is 1.32. The first kappa shape index (κ1) is 8.02. The lowest BCUT2D eigenvalue weighted by atomic mass is 10.0. The van der Waals surface area contributed by atoms with E-state index in [2.05, 4.69) is 17.2 Å². The molecule has 0 aliphatic carbocycles. The van der Waals surface area contributed by atoms with E-state index < -0.39 is 0 Å². The fourth-order valence-electron chi connectivity index (χ4n) is 1.59. The molecule has 0 bridgehead atoms. The minimum absolute atomic E-state index is 0.619. The molecule has 0 aromatic carbocycles. The average Bonchev–Trinajstić information content (AvgIpc) is 2.04. The van der Waals surface area contributed by atoms with Crippen LogP contribution in [0.1, 0.15) is 16.8 Å². The van der Waals surface area contributed by atoms with Gasteiger partial charge in [0.25, 0.3) is 0 Å². The largest absolute Gasteiger partial charge is 0.312 e. The number of hydrogen-bond donors (Lipinski definition) is 1. The van der Waals surface area contributed by atoms with Crippen molar-refractivity contribution < 1.29 is 0 Å². The van der Waals surface area contributed by atoms with Crippen LogP contribution in [0.15, 0.2) is 6.07 Å². The Hall–Kier alpha value is -0.600. The minimum Gasteiger partial charge on any atom is -0.312 e. The van der Waals surface area contributed by atoms with E-state index in [4.69, 9.17) is 11.6 Å². The van der Waals surface area contributed by atoms with Gasteiger partial charge in [0.15, 0.2) is 0 Å². The van der Waals surface area contributed by atoms with E-state index in [1.165, 1.54) is 16.8 Å². The summed E-state index contributed by atoms with van der Waals surface area (Å²) in [6.45, 7) is 4.03. The first-order valence-corrected chi connectivity index (χ1v) is 4.51. The second-order valence-electron chi connectivity index (χ2n) is 3.11. The molecule has 0 saturated carbocycles. The number of nitrogens with zero attached hydrogens (tertiary/aromatic N) is 1. The van der Waals surface area contributed by atoms with Crippen molar-refractivity contribution in [3.63, 3.8) is 0 Å². The van der Waals surface area contributed by atoms with Crippen LogP contribution in [-0.2, 0) is 13.0 Å². The molecule has 1 N–H and O–H groups in total. The van der Waals surface area contributed by atoms with Crippen LogP contribution in [0.2, 0.25) is 5.15 Å². The summed E-state index contributed by atoms with van der Waals surface area (Å²) in [7, 11) is 0. The molecular formula is C9H11ClN2. The molecule has 1 aliphatic rings. The van der Waals surface area contributed by atoms with Crippen molar-refractivity contribution in [3.8, 4) is 0 Å². The maximum absolute atomic E-state index is 5.85. The summed E-state index contributed by atoms with van der Waals surface area (Å²) in [5, 5.41) is 3.94. The fourth-order valence-corrected chi connectivity index (χ4v) is 1.86. The van der Waals surface area contributed by atoms with Crippen molar-refractivity contribution in [1.29, 1.82) is 0 Å². The molecular weight excluding hydrogens is 172 g/mol. The molecule has 0 saturated heterocycles. The third-order valence-corrected chi connectivity index (χ3v) is 2.44. The molecule has 2 rings (SSSR count). The van der Waals surface area contributed by atoms with E-state index in [0.29, 0.717) is 5.15 Å². The Morgan fingerprint density at radius 1 is 1.58 bits per heavy atom. The van der Waals surface area contributed by atoms with Gasteiger partial charge in [-0.1, -0.05) is 11.6 Å². The average molecular weight is 183 g/mol. The van der Waals surface area contributed by atoms with Gasteiger partial charge in [-0.2, -0.15) is 0 Å². The number of fused-ring (bicyclic) bond motifs is 1. The van der Waals surface area contributed by atoms with E-state index in [0.717, 1.165) is 19.5 Å². The Morgan fingerprint density at radius 2 is 2.42 bits per heavy atom. The lowest BCUT2D eigenvalue weighted by molar-refractivity contribution is 0.627. The zero-order chi connectivity index (χ0) is 8.55. The van der Waals surface area contributed by atoms with Gasteiger partial charge in [-0.25, -0.2) is 4.98 Å². The zero-order valence-corrected chi connectivity index (χ0v) is 7.78. The summed E-state index contributed by atoms with van der Waals surface area (Å²) in [4.78, 5) is 4.30. The van der Waals surface area contributed by atoms with Crippen LogP contribution in [0, 0.1) is 6.92 Å². The predicted octanol–water partition coefficient (Wildman–Crippen LogP) is 1.69. The molecule has 0 fully saturated rings. The maximum Gasteiger partial charge on any atom is 0.129 e. The molecule has 2 nitrogen and oxygen atoms in total. The number of rotatable bonds is 0. The molecule has 12 heavy (non-hydrogen) atoms. The summed E-state index contributed by atoms with van der Waals surface area (Å²) in [5.41, 5.74) is 3.74. The van der Waals surface area contributed by atoms with Crippen LogP contribution in [0.5, 0.6) is 0 Å². The predicted molar refractivity (Wildman–Crippen MR) is 49.4 cm³/mol. The van der Waals surface area contributed by atoms with Gasteiger partial charge in [0.05, 0.1) is 0 Å². The summed E-state index contributed by atoms with van der Waals surface area (Å²) < 4.78 is 0. The second kappa shape index (κ2) is 3.04. The Balaban J connectivity index is 2.53. The van der Waals surface area contributed by atoms with E-state index in [1.807, 2.05) is 6.07 Å². The highest BCUT2D eigenvalue weighted by Gasteiger charge is 2.12. The van der Waals surface area contributed by atoms with Gasteiger partial charge in [-0.05, 0) is 24.1 Å². The number of halogens is 1. The molecule has 2 heterocycles. The van der Waals surface area contributed by atoms with Crippen LogP contribution in [0.25, 0.3) is 0 Å². The normalized spacial score (nSPS) is 15.8. The topological polar surface area (TPSA) is 24.9 Å². The number of hydrogen-bond acceptors (Lipinski definition) is 2. The van der Waals surface area contributed by atoms with E-state index in [-0.39, 0.29) is 0 Å². The second-order valence-corrected chi connectivity index (χ2v) is 3.50. The molecule has 0 radical (unpaired) electrons. The van der Waals surface area contributed by atoms with E-state index in [1.54, 1.807) is 0 Å². The first-order chi connectivity index (χ1) is 5.77. The minimum atomic E-state index is 0.619. The lowest BCUT2D eigenvalue weighted by Gasteiger charge is -2.18. The highest BCUT2D eigenvalue weighted by Crippen LogP contribution is 2.19. The maximum atomic E-state index is 5.85. The number of pyridine rings is 1. The van der Waals surface area contributed by atoms with E-state index in [9.17, 15) is 0 Å². The molecule has 0 amide bonds. The molecule has 0 atom stereocenters. The van der Waals surface area contributed by atoms with Crippen molar-refractivity contribution in [1.82, 2.24) is 10.3 Å². The van der Waals surface area contributed by atoms with Crippen LogP contribution in [-0.4, -0.2) is 11.5 Å². The van der Waals surface area contributed by atoms with Crippen molar-refractivity contribution in [2.45, 2.75) is 19.9 Å². The molecule has 64 valence electrons. The zero-order valence-electron chi connectivity index (χ0n) is 7.02.